The molecule has 0 N–H and O–H groups in total. The Labute approximate surface area is 103 Å². The number of hydrogen-bond donors (Lipinski definition) is 0. The van der Waals surface area contributed by atoms with Crippen LogP contribution in [0, 0.1) is 0 Å². The highest BCUT2D eigenvalue weighted by Crippen LogP contribution is 2.14. The third-order valence-corrected chi connectivity index (χ3v) is 3.27. The Kier molecular flexibility index (Phi) is 10.0. The molecule has 2 heteroatoms. The van der Waals surface area contributed by atoms with E-state index in [1.54, 1.807) is 0 Å². The standard InChI is InChI=1S/C14H32N2/c1-6-9-11-14(10-7-2)16(8-3)13-12-15(4)5/h14H,6-13H2,1-5H3. The van der Waals surface area contributed by atoms with Gasteiger partial charge >= 0.3 is 0 Å². The van der Waals surface area contributed by atoms with Crippen molar-refractivity contribution >= 4 is 0 Å². The molecule has 0 spiro atoms. The van der Waals surface area contributed by atoms with Gasteiger partial charge in [-0.25, -0.2) is 0 Å². The van der Waals surface area contributed by atoms with Crippen LogP contribution in [0.15, 0.2) is 0 Å². The monoisotopic (exact) mass is 228 g/mol. The lowest BCUT2D eigenvalue weighted by atomic mass is 10.0. The van der Waals surface area contributed by atoms with Gasteiger partial charge in [-0.05, 0) is 33.5 Å². The summed E-state index contributed by atoms with van der Waals surface area (Å²) >= 11 is 0. The second-order valence-corrected chi connectivity index (χ2v) is 5.02. The van der Waals surface area contributed by atoms with Gasteiger partial charge in [-0.3, -0.25) is 4.90 Å². The first-order chi connectivity index (χ1) is 7.65. The van der Waals surface area contributed by atoms with Gasteiger partial charge in [0.1, 0.15) is 0 Å². The van der Waals surface area contributed by atoms with Crippen LogP contribution in [0.1, 0.15) is 52.9 Å². The van der Waals surface area contributed by atoms with Crippen molar-refractivity contribution in [2.75, 3.05) is 33.7 Å². The van der Waals surface area contributed by atoms with Crippen LogP contribution in [0.25, 0.3) is 0 Å². The van der Waals surface area contributed by atoms with Crippen LogP contribution in [0.4, 0.5) is 0 Å². The normalized spacial score (nSPS) is 13.7. The molecule has 0 bridgehead atoms. The molecule has 0 amide bonds. The van der Waals surface area contributed by atoms with Crippen LogP contribution in [0.5, 0.6) is 0 Å². The molecule has 0 radical (unpaired) electrons. The first kappa shape index (κ1) is 15.9. The maximum absolute atomic E-state index is 2.67. The second kappa shape index (κ2) is 10.1. The van der Waals surface area contributed by atoms with Gasteiger partial charge in [0.15, 0.2) is 0 Å². The van der Waals surface area contributed by atoms with Gasteiger partial charge in [0, 0.05) is 19.1 Å². The molecule has 0 aromatic heterocycles. The zero-order valence-electron chi connectivity index (χ0n) is 12.1. The molecule has 0 aliphatic rings. The summed E-state index contributed by atoms with van der Waals surface area (Å²) in [6.07, 6.45) is 6.76. The van der Waals surface area contributed by atoms with E-state index in [2.05, 4.69) is 44.7 Å². The van der Waals surface area contributed by atoms with E-state index < -0.39 is 0 Å². The maximum atomic E-state index is 2.67. The van der Waals surface area contributed by atoms with Crippen molar-refractivity contribution in [3.63, 3.8) is 0 Å². The largest absolute Gasteiger partial charge is 0.308 e. The summed E-state index contributed by atoms with van der Waals surface area (Å²) in [5, 5.41) is 0. The molecule has 98 valence electrons. The van der Waals surface area contributed by atoms with Gasteiger partial charge in [-0.2, -0.15) is 0 Å². The van der Waals surface area contributed by atoms with E-state index >= 15 is 0 Å². The number of likely N-dealkylation sites (N-methyl/N-ethyl adjacent to an activating group) is 2. The number of nitrogens with zero attached hydrogens (tertiary/aromatic N) is 2. The highest BCUT2D eigenvalue weighted by Gasteiger charge is 2.15. The van der Waals surface area contributed by atoms with Crippen molar-refractivity contribution in [3.8, 4) is 0 Å². The van der Waals surface area contributed by atoms with E-state index in [1.807, 2.05) is 0 Å². The van der Waals surface area contributed by atoms with E-state index in [1.165, 1.54) is 51.7 Å². The minimum Gasteiger partial charge on any atom is -0.308 e. The van der Waals surface area contributed by atoms with Crippen LogP contribution in [-0.4, -0.2) is 49.6 Å². The number of hydrogen-bond acceptors (Lipinski definition) is 2. The quantitative estimate of drug-likeness (QED) is 0.566. The number of rotatable bonds is 10. The maximum Gasteiger partial charge on any atom is 0.0112 e. The Morgan fingerprint density at radius 1 is 0.875 bits per heavy atom. The molecule has 1 atom stereocenters. The summed E-state index contributed by atoms with van der Waals surface area (Å²) in [5.41, 5.74) is 0. The van der Waals surface area contributed by atoms with E-state index in [9.17, 15) is 0 Å². The lowest BCUT2D eigenvalue weighted by Gasteiger charge is -2.31. The van der Waals surface area contributed by atoms with Gasteiger partial charge in [0.2, 0.25) is 0 Å². The lowest BCUT2D eigenvalue weighted by molar-refractivity contribution is 0.166. The van der Waals surface area contributed by atoms with E-state index in [0.29, 0.717) is 0 Å². The Morgan fingerprint density at radius 3 is 2.00 bits per heavy atom. The summed E-state index contributed by atoms with van der Waals surface area (Å²) in [6.45, 7) is 10.5. The molecule has 0 aliphatic carbocycles. The predicted octanol–water partition coefficient (Wildman–Crippen LogP) is 3.23. The van der Waals surface area contributed by atoms with E-state index in [0.717, 1.165) is 6.04 Å². The molecule has 0 rings (SSSR count). The van der Waals surface area contributed by atoms with Crippen molar-refractivity contribution in [3.05, 3.63) is 0 Å². The molecule has 0 heterocycles. The van der Waals surface area contributed by atoms with Gasteiger partial charge < -0.3 is 4.90 Å². The highest BCUT2D eigenvalue weighted by molar-refractivity contribution is 4.71. The fourth-order valence-electron chi connectivity index (χ4n) is 2.21. The average molecular weight is 228 g/mol. The summed E-state index contributed by atoms with van der Waals surface area (Å²) in [4.78, 5) is 4.95. The Balaban J connectivity index is 4.09. The van der Waals surface area contributed by atoms with Gasteiger partial charge in [0.05, 0.1) is 0 Å². The molecule has 0 aliphatic heterocycles. The summed E-state index contributed by atoms with van der Waals surface area (Å²) in [6, 6.07) is 0.815. The Hall–Kier alpha value is -0.0800. The van der Waals surface area contributed by atoms with Gasteiger partial charge in [0.25, 0.3) is 0 Å². The molecule has 0 aromatic rings. The number of unbranched alkanes of at least 4 members (excludes halogenated alkanes) is 1. The van der Waals surface area contributed by atoms with Crippen molar-refractivity contribution in [2.45, 2.75) is 58.9 Å². The third-order valence-electron chi connectivity index (χ3n) is 3.27. The minimum atomic E-state index is 0.815. The third kappa shape index (κ3) is 7.24. The molecular formula is C14H32N2. The zero-order chi connectivity index (χ0) is 12.4. The first-order valence-electron chi connectivity index (χ1n) is 7.04. The van der Waals surface area contributed by atoms with Crippen molar-refractivity contribution in [2.24, 2.45) is 0 Å². The summed E-state index contributed by atoms with van der Waals surface area (Å²) in [7, 11) is 4.32. The minimum absolute atomic E-state index is 0.815. The molecule has 0 fully saturated rings. The van der Waals surface area contributed by atoms with Crippen molar-refractivity contribution in [1.82, 2.24) is 9.80 Å². The second-order valence-electron chi connectivity index (χ2n) is 5.02. The molecular weight excluding hydrogens is 196 g/mol. The molecule has 0 saturated heterocycles. The van der Waals surface area contributed by atoms with Crippen molar-refractivity contribution < 1.29 is 0 Å². The highest BCUT2D eigenvalue weighted by atomic mass is 15.2. The molecule has 0 saturated carbocycles. The Morgan fingerprint density at radius 2 is 1.56 bits per heavy atom. The molecule has 0 aromatic carbocycles. The summed E-state index contributed by atoms with van der Waals surface area (Å²) < 4.78 is 0. The topological polar surface area (TPSA) is 6.48 Å². The van der Waals surface area contributed by atoms with Crippen LogP contribution in [0.3, 0.4) is 0 Å². The van der Waals surface area contributed by atoms with Crippen LogP contribution in [-0.2, 0) is 0 Å². The molecule has 1 unspecified atom stereocenters. The predicted molar refractivity (Wildman–Crippen MR) is 74.0 cm³/mol. The van der Waals surface area contributed by atoms with Crippen LogP contribution in [0.2, 0.25) is 0 Å². The van der Waals surface area contributed by atoms with E-state index in [4.69, 9.17) is 0 Å². The zero-order valence-corrected chi connectivity index (χ0v) is 12.1. The van der Waals surface area contributed by atoms with E-state index in [-0.39, 0.29) is 0 Å². The van der Waals surface area contributed by atoms with Crippen molar-refractivity contribution in [1.29, 1.82) is 0 Å². The summed E-state index contributed by atoms with van der Waals surface area (Å²) in [5.74, 6) is 0. The first-order valence-corrected chi connectivity index (χ1v) is 7.04. The van der Waals surface area contributed by atoms with Crippen LogP contribution < -0.4 is 0 Å². The van der Waals surface area contributed by atoms with Gasteiger partial charge in [-0.1, -0.05) is 40.0 Å². The SMILES string of the molecule is CCCCC(CCC)N(CC)CCN(C)C. The Bertz CT molecular complexity index is 146. The van der Waals surface area contributed by atoms with Crippen LogP contribution >= 0.6 is 0 Å². The van der Waals surface area contributed by atoms with Gasteiger partial charge in [-0.15, -0.1) is 0 Å². The fraction of sp³-hybridized carbons (Fsp3) is 1.00. The lowest BCUT2D eigenvalue weighted by Crippen LogP contribution is -2.39. The average Bonchev–Trinajstić information content (AvgIpc) is 2.26. The molecule has 16 heavy (non-hydrogen) atoms. The molecule has 2 nitrogen and oxygen atoms in total. The fourth-order valence-corrected chi connectivity index (χ4v) is 2.21. The smallest absolute Gasteiger partial charge is 0.0112 e.